The van der Waals surface area contributed by atoms with Gasteiger partial charge in [-0.1, -0.05) is 12.1 Å². The van der Waals surface area contributed by atoms with E-state index in [2.05, 4.69) is 15.8 Å². The van der Waals surface area contributed by atoms with E-state index in [-0.39, 0.29) is 13.0 Å². The van der Waals surface area contributed by atoms with Gasteiger partial charge in [0.1, 0.15) is 12.2 Å². The summed E-state index contributed by atoms with van der Waals surface area (Å²) in [6.45, 7) is 0.0530. The maximum atomic E-state index is 11.9. The highest BCUT2D eigenvalue weighted by atomic mass is 32.2. The molecule has 32 heavy (non-hydrogen) atoms. The second-order valence-electron chi connectivity index (χ2n) is 6.58. The molecule has 11 heteroatoms. The lowest BCUT2D eigenvalue weighted by Crippen LogP contribution is -2.30. The number of nitriles is 1. The number of nitrogens with one attached hydrogen (secondary N) is 2. The molecule has 0 saturated carbocycles. The topological polar surface area (TPSA) is 141 Å². The van der Waals surface area contributed by atoms with Crippen molar-refractivity contribution < 1.29 is 22.7 Å². The van der Waals surface area contributed by atoms with E-state index in [4.69, 9.17) is 10.00 Å². The predicted molar refractivity (Wildman–Crippen MR) is 121 cm³/mol. The van der Waals surface area contributed by atoms with Crippen LogP contribution in [-0.4, -0.2) is 46.4 Å². The van der Waals surface area contributed by atoms with Crippen molar-refractivity contribution in [2.24, 2.45) is 5.10 Å². The van der Waals surface area contributed by atoms with Crippen molar-refractivity contribution in [1.82, 2.24) is 5.43 Å². The van der Waals surface area contributed by atoms with Crippen molar-refractivity contribution in [3.05, 3.63) is 54.1 Å². The molecular formula is C21H23N5O5S. The predicted octanol–water partition coefficient (Wildman–Crippen LogP) is 1.85. The van der Waals surface area contributed by atoms with E-state index >= 15 is 0 Å². The zero-order chi connectivity index (χ0) is 23.6. The number of hydrogen-bond acceptors (Lipinski definition) is 7. The minimum Gasteiger partial charge on any atom is -0.497 e. The quantitative estimate of drug-likeness (QED) is 0.317. The second kappa shape index (κ2) is 11.5. The summed E-state index contributed by atoms with van der Waals surface area (Å²) in [6, 6.07) is 15.0. The molecule has 0 aliphatic rings. The van der Waals surface area contributed by atoms with Gasteiger partial charge in [0, 0.05) is 12.2 Å². The Hall–Kier alpha value is -3.91. The van der Waals surface area contributed by atoms with E-state index in [1.165, 1.54) is 13.3 Å². The Morgan fingerprint density at radius 1 is 1.12 bits per heavy atom. The van der Waals surface area contributed by atoms with E-state index in [1.807, 2.05) is 6.07 Å². The maximum Gasteiger partial charge on any atom is 0.249 e. The molecule has 2 amide bonds. The highest BCUT2D eigenvalue weighted by Crippen LogP contribution is 2.18. The number of ether oxygens (including phenoxy) is 1. The Labute approximate surface area is 186 Å². The lowest BCUT2D eigenvalue weighted by atomic mass is 10.2. The zero-order valence-electron chi connectivity index (χ0n) is 17.6. The van der Waals surface area contributed by atoms with Crippen LogP contribution in [0.15, 0.2) is 53.6 Å². The summed E-state index contributed by atoms with van der Waals surface area (Å²) in [5.74, 6) is -0.441. The molecule has 0 spiro atoms. The van der Waals surface area contributed by atoms with E-state index < -0.39 is 28.3 Å². The van der Waals surface area contributed by atoms with Crippen molar-refractivity contribution >= 4 is 39.4 Å². The van der Waals surface area contributed by atoms with Crippen molar-refractivity contribution in [1.29, 1.82) is 5.26 Å². The molecule has 2 N–H and O–H groups in total. The second-order valence-corrected chi connectivity index (χ2v) is 8.49. The summed E-state index contributed by atoms with van der Waals surface area (Å²) < 4.78 is 30.0. The van der Waals surface area contributed by atoms with Gasteiger partial charge in [0.25, 0.3) is 0 Å². The molecule has 0 aromatic heterocycles. The summed E-state index contributed by atoms with van der Waals surface area (Å²) in [4.78, 5) is 23.8. The molecule has 2 aromatic rings. The fourth-order valence-electron chi connectivity index (χ4n) is 2.61. The fourth-order valence-corrected chi connectivity index (χ4v) is 3.54. The van der Waals surface area contributed by atoms with Gasteiger partial charge in [-0.2, -0.15) is 10.4 Å². The van der Waals surface area contributed by atoms with Crippen LogP contribution in [-0.2, 0) is 19.6 Å². The van der Waals surface area contributed by atoms with E-state index in [0.29, 0.717) is 22.7 Å². The number of carbonyl (C=O) groups is 2. The minimum atomic E-state index is -3.52. The number of sulfonamides is 1. The number of benzene rings is 2. The Kier molecular flexibility index (Phi) is 8.73. The third-order valence-electron chi connectivity index (χ3n) is 4.11. The average Bonchev–Trinajstić information content (AvgIpc) is 2.74. The molecule has 0 aliphatic heterocycles. The number of hydrogen-bond donors (Lipinski definition) is 2. The normalized spacial score (nSPS) is 10.9. The van der Waals surface area contributed by atoms with Crippen molar-refractivity contribution in [2.45, 2.75) is 12.8 Å². The van der Waals surface area contributed by atoms with Crippen molar-refractivity contribution in [3.8, 4) is 11.8 Å². The van der Waals surface area contributed by atoms with Crippen LogP contribution in [0.25, 0.3) is 0 Å². The van der Waals surface area contributed by atoms with Gasteiger partial charge in [0.2, 0.25) is 21.8 Å². The van der Waals surface area contributed by atoms with Crippen LogP contribution < -0.4 is 19.8 Å². The van der Waals surface area contributed by atoms with Crippen LogP contribution in [0.4, 0.5) is 11.4 Å². The first-order valence-corrected chi connectivity index (χ1v) is 11.3. The molecule has 0 fully saturated rings. The molecule has 0 saturated heterocycles. The van der Waals surface area contributed by atoms with Gasteiger partial charge in [0.05, 0.1) is 37.8 Å². The van der Waals surface area contributed by atoms with E-state index in [1.54, 1.807) is 48.5 Å². The summed E-state index contributed by atoms with van der Waals surface area (Å²) in [5.41, 5.74) is 3.81. The van der Waals surface area contributed by atoms with Crippen LogP contribution in [0, 0.1) is 11.3 Å². The third kappa shape index (κ3) is 7.73. The zero-order valence-corrected chi connectivity index (χ0v) is 18.4. The number of hydrazone groups is 1. The number of amides is 2. The van der Waals surface area contributed by atoms with Crippen LogP contribution >= 0.6 is 0 Å². The first kappa shape index (κ1) is 24.4. The summed E-state index contributed by atoms with van der Waals surface area (Å²) in [6.07, 6.45) is 2.09. The van der Waals surface area contributed by atoms with Crippen LogP contribution in [0.2, 0.25) is 0 Å². The minimum absolute atomic E-state index is 0.0530. The molecular weight excluding hydrogens is 434 g/mol. The molecule has 10 nitrogen and oxygen atoms in total. The van der Waals surface area contributed by atoms with Gasteiger partial charge in [0.15, 0.2) is 0 Å². The first-order chi connectivity index (χ1) is 15.2. The van der Waals surface area contributed by atoms with Crippen molar-refractivity contribution in [3.63, 3.8) is 0 Å². The number of anilines is 2. The summed E-state index contributed by atoms with van der Waals surface area (Å²) in [5, 5.41) is 15.1. The van der Waals surface area contributed by atoms with E-state index in [9.17, 15) is 18.0 Å². The third-order valence-corrected chi connectivity index (χ3v) is 5.30. The van der Waals surface area contributed by atoms with Crippen LogP contribution in [0.5, 0.6) is 5.75 Å². The average molecular weight is 458 g/mol. The number of carbonyl (C=O) groups excluding carboxylic acids is 2. The molecule has 0 radical (unpaired) electrons. The van der Waals surface area contributed by atoms with Gasteiger partial charge >= 0.3 is 0 Å². The SMILES string of the molecule is COc1ccc(NC(=O)CC(=O)NN=Cc2ccc(N(CCC#N)S(C)(=O)=O)cc2)cc1. The number of nitrogens with zero attached hydrogens (tertiary/aromatic N) is 3. The number of rotatable bonds is 10. The standard InChI is InChI=1S/C21H23N5O5S/c1-31-19-10-6-17(7-11-19)24-20(27)14-21(28)25-23-15-16-4-8-18(9-5-16)26(13-3-12-22)32(2,29)30/h4-11,15H,3,13-14H2,1-2H3,(H,24,27)(H,25,28). The van der Waals surface area contributed by atoms with Gasteiger partial charge < -0.3 is 10.1 Å². The Morgan fingerprint density at radius 3 is 2.34 bits per heavy atom. The summed E-state index contributed by atoms with van der Waals surface area (Å²) in [7, 11) is -1.99. The lowest BCUT2D eigenvalue weighted by Gasteiger charge is -2.21. The number of methoxy groups -OCH3 is 1. The first-order valence-electron chi connectivity index (χ1n) is 9.43. The van der Waals surface area contributed by atoms with Gasteiger partial charge in [-0.25, -0.2) is 13.8 Å². The smallest absolute Gasteiger partial charge is 0.249 e. The monoisotopic (exact) mass is 457 g/mol. The van der Waals surface area contributed by atoms with Crippen LogP contribution in [0.3, 0.4) is 0 Å². The Bertz CT molecular complexity index is 1110. The summed E-state index contributed by atoms with van der Waals surface area (Å²) >= 11 is 0. The fraction of sp³-hybridized carbons (Fsp3) is 0.238. The molecule has 2 rings (SSSR count). The molecule has 168 valence electrons. The molecule has 0 unspecified atom stereocenters. The van der Waals surface area contributed by atoms with Crippen molar-refractivity contribution in [2.75, 3.05) is 29.5 Å². The maximum absolute atomic E-state index is 11.9. The lowest BCUT2D eigenvalue weighted by molar-refractivity contribution is -0.126. The molecule has 0 heterocycles. The highest BCUT2D eigenvalue weighted by molar-refractivity contribution is 7.92. The van der Waals surface area contributed by atoms with Gasteiger partial charge in [-0.05, 0) is 42.0 Å². The Morgan fingerprint density at radius 2 is 1.78 bits per heavy atom. The highest BCUT2D eigenvalue weighted by Gasteiger charge is 2.16. The molecule has 0 aliphatic carbocycles. The van der Waals surface area contributed by atoms with Crippen LogP contribution in [0.1, 0.15) is 18.4 Å². The van der Waals surface area contributed by atoms with Gasteiger partial charge in [-0.15, -0.1) is 0 Å². The molecule has 2 aromatic carbocycles. The molecule has 0 bridgehead atoms. The molecule has 0 atom stereocenters. The van der Waals surface area contributed by atoms with Gasteiger partial charge in [-0.3, -0.25) is 13.9 Å². The van der Waals surface area contributed by atoms with E-state index in [0.717, 1.165) is 10.6 Å². The Balaban J connectivity index is 1.88. The largest absolute Gasteiger partial charge is 0.497 e.